The molecule has 118 valence electrons. The number of halogens is 1. The van der Waals surface area contributed by atoms with Crippen LogP contribution in [0.1, 0.15) is 80.1 Å². The predicted molar refractivity (Wildman–Crippen MR) is 91.7 cm³/mol. The Labute approximate surface area is 122 Å². The Bertz CT molecular complexity index is 218. The van der Waals surface area contributed by atoms with Gasteiger partial charge in [-0.3, -0.25) is 0 Å². The van der Waals surface area contributed by atoms with Crippen LogP contribution in [0.3, 0.4) is 0 Å². The van der Waals surface area contributed by atoms with Gasteiger partial charge in [0.05, 0.1) is 0 Å². The van der Waals surface area contributed by atoms with Gasteiger partial charge >= 0.3 is 121 Å². The molecule has 0 aromatic rings. The van der Waals surface area contributed by atoms with Crippen LogP contribution in [0.25, 0.3) is 0 Å². The summed E-state index contributed by atoms with van der Waals surface area (Å²) in [6, 6.07) is 0. The monoisotopic (exact) mass is 292 g/mol. The summed E-state index contributed by atoms with van der Waals surface area (Å²) in [5, 5.41) is 0. The van der Waals surface area contributed by atoms with Crippen molar-refractivity contribution in [2.75, 3.05) is 24.6 Å². The van der Waals surface area contributed by atoms with E-state index in [9.17, 15) is 0 Å². The van der Waals surface area contributed by atoms with Crippen LogP contribution in [-0.2, 0) is 0 Å². The normalized spacial score (nSPS) is 15.2. The van der Waals surface area contributed by atoms with Crippen LogP contribution in [-0.4, -0.2) is 24.6 Å². The van der Waals surface area contributed by atoms with Crippen LogP contribution in [0, 0.1) is 5.41 Å². The molecule has 0 saturated heterocycles. The SMILES string of the molecule is CCCCP(F)(CCCC)(CCCC)CC(C)(C)C. The molecule has 0 N–H and O–H groups in total. The molecule has 0 saturated carbocycles. The second-order valence-electron chi connectivity index (χ2n) is 7.77. The summed E-state index contributed by atoms with van der Waals surface area (Å²) in [7, 11) is 0. The molecule has 0 spiro atoms. The molecule has 0 fully saturated rings. The number of rotatable bonds is 10. The Kier molecular flexibility index (Phi) is 8.11. The van der Waals surface area contributed by atoms with E-state index in [1.807, 2.05) is 0 Å². The minimum atomic E-state index is -2.98. The van der Waals surface area contributed by atoms with Crippen LogP contribution >= 0.6 is 6.91 Å². The van der Waals surface area contributed by atoms with Crippen molar-refractivity contribution < 1.29 is 4.20 Å². The van der Waals surface area contributed by atoms with Crippen LogP contribution < -0.4 is 0 Å². The van der Waals surface area contributed by atoms with Crippen molar-refractivity contribution in [3.8, 4) is 0 Å². The van der Waals surface area contributed by atoms with Crippen molar-refractivity contribution in [2.45, 2.75) is 80.1 Å². The van der Waals surface area contributed by atoms with Crippen LogP contribution in [0.5, 0.6) is 0 Å². The fraction of sp³-hybridized carbons (Fsp3) is 1.00. The molecular weight excluding hydrogens is 254 g/mol. The molecule has 0 aromatic heterocycles. The molecule has 0 aromatic carbocycles. The van der Waals surface area contributed by atoms with Gasteiger partial charge in [0, 0.05) is 0 Å². The van der Waals surface area contributed by atoms with E-state index in [4.69, 9.17) is 0 Å². The van der Waals surface area contributed by atoms with Gasteiger partial charge in [0.15, 0.2) is 0 Å². The molecule has 0 aliphatic heterocycles. The Morgan fingerprint density at radius 1 is 0.737 bits per heavy atom. The molecule has 0 bridgehead atoms. The van der Waals surface area contributed by atoms with Gasteiger partial charge in [-0.2, -0.15) is 0 Å². The van der Waals surface area contributed by atoms with Gasteiger partial charge in [0.2, 0.25) is 0 Å². The molecule has 0 atom stereocenters. The Balaban J connectivity index is 5.16. The standard InChI is InChI=1S/C17H38FP/c1-7-10-13-19(18,14-11-8-2,15-12-9-3)16-17(4,5)6/h7-16H2,1-6H3. The topological polar surface area (TPSA) is 0 Å². The Morgan fingerprint density at radius 2 is 1.05 bits per heavy atom. The molecule has 0 heterocycles. The third kappa shape index (κ3) is 7.64. The van der Waals surface area contributed by atoms with E-state index in [0.29, 0.717) is 0 Å². The summed E-state index contributed by atoms with van der Waals surface area (Å²) >= 11 is 0. The third-order valence-electron chi connectivity index (χ3n) is 4.08. The fourth-order valence-corrected chi connectivity index (χ4v) is 10.3. The van der Waals surface area contributed by atoms with Gasteiger partial charge < -0.3 is 0 Å². The second kappa shape index (κ2) is 7.96. The summed E-state index contributed by atoms with van der Waals surface area (Å²) in [4.78, 5) is 0. The quantitative estimate of drug-likeness (QED) is 0.385. The van der Waals surface area contributed by atoms with Crippen LogP contribution in [0.15, 0.2) is 0 Å². The van der Waals surface area contributed by atoms with Crippen LogP contribution in [0.4, 0.5) is 4.20 Å². The first-order valence-corrected chi connectivity index (χ1v) is 11.3. The van der Waals surface area contributed by atoms with Gasteiger partial charge in [-0.25, -0.2) is 0 Å². The summed E-state index contributed by atoms with van der Waals surface area (Å²) < 4.78 is 16.4. The predicted octanol–water partition coefficient (Wildman–Crippen LogP) is 6.87. The Morgan fingerprint density at radius 3 is 1.26 bits per heavy atom. The van der Waals surface area contributed by atoms with Gasteiger partial charge in [0.25, 0.3) is 0 Å². The van der Waals surface area contributed by atoms with Crippen molar-refractivity contribution in [1.82, 2.24) is 0 Å². The zero-order valence-electron chi connectivity index (χ0n) is 14.4. The summed E-state index contributed by atoms with van der Waals surface area (Å²) in [5.41, 5.74) is 0.127. The van der Waals surface area contributed by atoms with Crippen molar-refractivity contribution in [3.05, 3.63) is 0 Å². The average molecular weight is 292 g/mol. The maximum atomic E-state index is 16.4. The average Bonchev–Trinajstić information content (AvgIpc) is 2.30. The number of unbranched alkanes of at least 4 members (excludes halogenated alkanes) is 3. The van der Waals surface area contributed by atoms with E-state index in [0.717, 1.165) is 63.2 Å². The van der Waals surface area contributed by atoms with Gasteiger partial charge in [0.1, 0.15) is 0 Å². The molecule has 0 nitrogen and oxygen atoms in total. The molecule has 0 amide bonds. The van der Waals surface area contributed by atoms with Crippen LogP contribution in [0.2, 0.25) is 0 Å². The zero-order valence-corrected chi connectivity index (χ0v) is 15.3. The number of hydrogen-bond donors (Lipinski definition) is 0. The molecule has 0 aliphatic rings. The van der Waals surface area contributed by atoms with Crippen molar-refractivity contribution in [3.63, 3.8) is 0 Å². The first kappa shape index (κ1) is 19.4. The summed E-state index contributed by atoms with van der Waals surface area (Å²) in [6.07, 6.45) is 10.1. The van der Waals surface area contributed by atoms with Gasteiger partial charge in [-0.1, -0.05) is 0 Å². The van der Waals surface area contributed by atoms with E-state index in [1.165, 1.54) is 0 Å². The summed E-state index contributed by atoms with van der Waals surface area (Å²) in [6.45, 7) is 10.3. The molecule has 19 heavy (non-hydrogen) atoms. The van der Waals surface area contributed by atoms with Crippen molar-refractivity contribution >= 4 is 6.91 Å². The molecule has 2 heteroatoms. The van der Waals surface area contributed by atoms with E-state index in [2.05, 4.69) is 41.5 Å². The third-order valence-corrected chi connectivity index (χ3v) is 10.1. The zero-order chi connectivity index (χ0) is 15.0. The van der Waals surface area contributed by atoms with E-state index in [1.54, 1.807) is 0 Å². The van der Waals surface area contributed by atoms with Gasteiger partial charge in [-0.15, -0.1) is 0 Å². The Hall–Kier alpha value is 0.360. The number of hydrogen-bond acceptors (Lipinski definition) is 0. The van der Waals surface area contributed by atoms with Gasteiger partial charge in [-0.05, 0) is 0 Å². The first-order valence-electron chi connectivity index (χ1n) is 8.41. The van der Waals surface area contributed by atoms with E-state index < -0.39 is 6.91 Å². The molecule has 0 unspecified atom stereocenters. The van der Waals surface area contributed by atoms with Crippen molar-refractivity contribution in [1.29, 1.82) is 0 Å². The van der Waals surface area contributed by atoms with Crippen molar-refractivity contribution in [2.24, 2.45) is 5.41 Å². The van der Waals surface area contributed by atoms with E-state index >= 15 is 4.20 Å². The molecule has 0 aliphatic carbocycles. The summed E-state index contributed by atoms with van der Waals surface area (Å²) in [5.74, 6) is 0. The maximum absolute atomic E-state index is 16.4. The minimum absolute atomic E-state index is 0.127. The molecular formula is C17H38FP. The fourth-order valence-electron chi connectivity index (χ4n) is 3.42. The second-order valence-corrected chi connectivity index (χ2v) is 13.1. The molecule has 0 rings (SSSR count). The molecule has 0 radical (unpaired) electrons. The van der Waals surface area contributed by atoms with E-state index in [-0.39, 0.29) is 5.41 Å². The first-order chi connectivity index (χ1) is 8.69.